The summed E-state index contributed by atoms with van der Waals surface area (Å²) in [5.41, 5.74) is 1.91. The van der Waals surface area contributed by atoms with E-state index in [2.05, 4.69) is 26.0 Å². The van der Waals surface area contributed by atoms with E-state index >= 15 is 0 Å². The molecule has 1 spiro atoms. The number of ketones is 1. The van der Waals surface area contributed by atoms with E-state index in [0.717, 1.165) is 31.4 Å². The predicted molar refractivity (Wildman–Crippen MR) is 81.7 cm³/mol. The summed E-state index contributed by atoms with van der Waals surface area (Å²) >= 11 is 0. The zero-order valence-corrected chi connectivity index (χ0v) is 12.9. The second-order valence-electron chi connectivity index (χ2n) is 6.66. The van der Waals surface area contributed by atoms with Gasteiger partial charge in [0.25, 0.3) is 0 Å². The summed E-state index contributed by atoms with van der Waals surface area (Å²) in [6.45, 7) is 6.40. The van der Waals surface area contributed by atoms with Crippen molar-refractivity contribution in [2.24, 2.45) is 5.92 Å². The quantitative estimate of drug-likeness (QED) is 0.798. The molecule has 114 valence electrons. The molecule has 1 aromatic rings. The molecular weight excluding hydrogens is 264 g/mol. The minimum Gasteiger partial charge on any atom is -0.378 e. The Morgan fingerprint density at radius 1 is 1.24 bits per heavy atom. The topological polar surface area (TPSA) is 35.5 Å². The van der Waals surface area contributed by atoms with Gasteiger partial charge < -0.3 is 9.47 Å². The van der Waals surface area contributed by atoms with E-state index in [-0.39, 0.29) is 17.3 Å². The highest BCUT2D eigenvalue weighted by molar-refractivity contribution is 5.98. The molecule has 2 atom stereocenters. The van der Waals surface area contributed by atoms with Crippen LogP contribution in [0.3, 0.4) is 0 Å². The second kappa shape index (κ2) is 5.90. The normalized spacial score (nSPS) is 29.2. The zero-order chi connectivity index (χ0) is 14.9. The lowest BCUT2D eigenvalue weighted by atomic mass is 9.81. The Bertz CT molecular complexity index is 498. The molecule has 0 aliphatic carbocycles. The molecule has 2 unspecified atom stereocenters. The van der Waals surface area contributed by atoms with Gasteiger partial charge in [-0.3, -0.25) is 4.79 Å². The first kappa shape index (κ1) is 14.7. The maximum absolute atomic E-state index is 12.7. The van der Waals surface area contributed by atoms with E-state index in [9.17, 15) is 4.79 Å². The van der Waals surface area contributed by atoms with Crippen molar-refractivity contribution in [2.75, 3.05) is 19.8 Å². The van der Waals surface area contributed by atoms with Crippen LogP contribution >= 0.6 is 0 Å². The number of hydrogen-bond donors (Lipinski definition) is 0. The van der Waals surface area contributed by atoms with Gasteiger partial charge in [-0.25, -0.2) is 0 Å². The summed E-state index contributed by atoms with van der Waals surface area (Å²) < 4.78 is 11.4. The van der Waals surface area contributed by atoms with E-state index in [1.54, 1.807) is 0 Å². The molecule has 2 fully saturated rings. The zero-order valence-electron chi connectivity index (χ0n) is 12.9. The predicted octanol–water partition coefficient (Wildman–Crippen LogP) is 3.58. The van der Waals surface area contributed by atoms with Crippen LogP contribution in [0, 0.1) is 5.92 Å². The fourth-order valence-corrected chi connectivity index (χ4v) is 3.38. The highest BCUT2D eigenvalue weighted by Gasteiger charge is 2.42. The summed E-state index contributed by atoms with van der Waals surface area (Å²) in [5, 5.41) is 0. The molecule has 0 saturated carbocycles. The fraction of sp³-hybridized carbons (Fsp3) is 0.611. The van der Waals surface area contributed by atoms with Gasteiger partial charge in [0.05, 0.1) is 12.2 Å². The summed E-state index contributed by atoms with van der Waals surface area (Å²) in [6.07, 6.45) is 2.55. The highest BCUT2D eigenvalue weighted by Crippen LogP contribution is 2.37. The van der Waals surface area contributed by atoms with Crippen LogP contribution in [0.4, 0.5) is 0 Å². The molecule has 0 N–H and O–H groups in total. The number of Topliss-reactive ketones (excluding diaryl/α,β-unsaturated/α-hetero) is 1. The van der Waals surface area contributed by atoms with Crippen molar-refractivity contribution >= 4 is 5.78 Å². The van der Waals surface area contributed by atoms with Crippen molar-refractivity contribution in [1.29, 1.82) is 0 Å². The van der Waals surface area contributed by atoms with Crippen LogP contribution in [-0.2, 0) is 9.47 Å². The summed E-state index contributed by atoms with van der Waals surface area (Å²) in [5.74, 6) is 0.835. The Hall–Kier alpha value is -1.19. The van der Waals surface area contributed by atoms with E-state index in [1.165, 1.54) is 5.56 Å². The third-order valence-corrected chi connectivity index (χ3v) is 4.79. The van der Waals surface area contributed by atoms with Gasteiger partial charge in [-0.05, 0) is 24.3 Å². The van der Waals surface area contributed by atoms with Crippen LogP contribution in [0.1, 0.15) is 54.9 Å². The Morgan fingerprint density at radius 2 is 2.00 bits per heavy atom. The average molecular weight is 288 g/mol. The summed E-state index contributed by atoms with van der Waals surface area (Å²) in [4.78, 5) is 12.7. The second-order valence-corrected chi connectivity index (χ2v) is 6.66. The summed E-state index contributed by atoms with van der Waals surface area (Å²) in [6, 6.07) is 8.10. The van der Waals surface area contributed by atoms with Gasteiger partial charge in [-0.1, -0.05) is 38.1 Å². The number of carbonyl (C=O) groups is 1. The van der Waals surface area contributed by atoms with Gasteiger partial charge in [0.2, 0.25) is 0 Å². The van der Waals surface area contributed by atoms with Crippen LogP contribution in [0.25, 0.3) is 0 Å². The SMILES string of the molecule is CC(C)c1ccc(C(=O)C2CCOC3(CCOC3)C2)cc1. The number of carbonyl (C=O) groups excluding carboxylic acids is 1. The monoisotopic (exact) mass is 288 g/mol. The van der Waals surface area contributed by atoms with Crippen molar-refractivity contribution in [1.82, 2.24) is 0 Å². The number of rotatable bonds is 3. The van der Waals surface area contributed by atoms with Crippen LogP contribution < -0.4 is 0 Å². The van der Waals surface area contributed by atoms with Crippen molar-refractivity contribution in [2.45, 2.75) is 44.6 Å². The number of benzene rings is 1. The molecule has 2 heterocycles. The third kappa shape index (κ3) is 3.04. The van der Waals surface area contributed by atoms with Gasteiger partial charge in [0, 0.05) is 31.1 Å². The molecule has 3 nitrogen and oxygen atoms in total. The smallest absolute Gasteiger partial charge is 0.166 e. The number of ether oxygens (including phenoxy) is 2. The molecule has 2 aliphatic rings. The lowest BCUT2D eigenvalue weighted by Gasteiger charge is -2.36. The molecule has 0 radical (unpaired) electrons. The van der Waals surface area contributed by atoms with Crippen molar-refractivity contribution < 1.29 is 14.3 Å². The fourth-order valence-electron chi connectivity index (χ4n) is 3.38. The Morgan fingerprint density at radius 3 is 2.62 bits per heavy atom. The van der Waals surface area contributed by atoms with Gasteiger partial charge in [0.1, 0.15) is 0 Å². The molecule has 2 saturated heterocycles. The first-order valence-corrected chi connectivity index (χ1v) is 7.95. The maximum atomic E-state index is 12.7. The average Bonchev–Trinajstić information content (AvgIpc) is 2.94. The first-order valence-electron chi connectivity index (χ1n) is 7.95. The molecule has 0 bridgehead atoms. The van der Waals surface area contributed by atoms with Crippen LogP contribution in [-0.4, -0.2) is 31.2 Å². The lowest BCUT2D eigenvalue weighted by molar-refractivity contribution is -0.0920. The largest absolute Gasteiger partial charge is 0.378 e. The van der Waals surface area contributed by atoms with Gasteiger partial charge in [-0.2, -0.15) is 0 Å². The standard InChI is InChI=1S/C18H24O3/c1-13(2)14-3-5-15(6-4-14)17(19)16-7-9-21-18(11-16)8-10-20-12-18/h3-6,13,16H,7-12H2,1-2H3. The minimum atomic E-state index is -0.198. The van der Waals surface area contributed by atoms with E-state index in [0.29, 0.717) is 19.1 Å². The molecule has 0 amide bonds. The first-order chi connectivity index (χ1) is 10.1. The number of hydrogen-bond acceptors (Lipinski definition) is 3. The third-order valence-electron chi connectivity index (χ3n) is 4.79. The molecule has 21 heavy (non-hydrogen) atoms. The molecule has 3 rings (SSSR count). The van der Waals surface area contributed by atoms with Gasteiger partial charge in [0.15, 0.2) is 5.78 Å². The van der Waals surface area contributed by atoms with Crippen molar-refractivity contribution in [3.05, 3.63) is 35.4 Å². The van der Waals surface area contributed by atoms with Gasteiger partial charge in [-0.15, -0.1) is 0 Å². The van der Waals surface area contributed by atoms with E-state index in [1.807, 2.05) is 12.1 Å². The van der Waals surface area contributed by atoms with Crippen LogP contribution in [0.2, 0.25) is 0 Å². The van der Waals surface area contributed by atoms with Gasteiger partial charge >= 0.3 is 0 Å². The summed E-state index contributed by atoms with van der Waals surface area (Å²) in [7, 11) is 0. The lowest BCUT2D eigenvalue weighted by Crippen LogP contribution is -2.42. The molecule has 1 aromatic carbocycles. The Balaban J connectivity index is 1.72. The molecular formula is C18H24O3. The van der Waals surface area contributed by atoms with E-state index < -0.39 is 0 Å². The molecule has 0 aromatic heterocycles. The Labute approximate surface area is 126 Å². The van der Waals surface area contributed by atoms with Crippen molar-refractivity contribution in [3.8, 4) is 0 Å². The molecule has 2 aliphatic heterocycles. The van der Waals surface area contributed by atoms with E-state index in [4.69, 9.17) is 9.47 Å². The highest BCUT2D eigenvalue weighted by atomic mass is 16.6. The maximum Gasteiger partial charge on any atom is 0.166 e. The van der Waals surface area contributed by atoms with Crippen LogP contribution in [0.15, 0.2) is 24.3 Å². The van der Waals surface area contributed by atoms with Crippen LogP contribution in [0.5, 0.6) is 0 Å². The van der Waals surface area contributed by atoms with Crippen molar-refractivity contribution in [3.63, 3.8) is 0 Å². The molecule has 3 heteroatoms. The Kier molecular flexibility index (Phi) is 4.14. The minimum absolute atomic E-state index is 0.0744.